The fourth-order valence-electron chi connectivity index (χ4n) is 3.37. The molecule has 7 heteroatoms. The van der Waals surface area contributed by atoms with Crippen LogP contribution in [0.4, 0.5) is 8.78 Å². The van der Waals surface area contributed by atoms with Crippen LogP contribution >= 0.6 is 0 Å². The lowest BCUT2D eigenvalue weighted by Crippen LogP contribution is -2.50. The van der Waals surface area contributed by atoms with Gasteiger partial charge < -0.3 is 15.2 Å². The molecule has 158 valence electrons. The minimum atomic E-state index is -0.964. The number of para-hydroxylation sites is 1. The molecule has 1 aromatic heterocycles. The highest BCUT2D eigenvalue weighted by atomic mass is 19.1. The molecule has 0 unspecified atom stereocenters. The summed E-state index contributed by atoms with van der Waals surface area (Å²) >= 11 is 0. The van der Waals surface area contributed by atoms with Crippen LogP contribution in [0.15, 0.2) is 54.7 Å². The zero-order valence-corrected chi connectivity index (χ0v) is 17.0. The smallest absolute Gasteiger partial charge is 0.257 e. The van der Waals surface area contributed by atoms with Crippen molar-refractivity contribution in [2.24, 2.45) is 5.92 Å². The number of fused-ring (bicyclic) bond motifs is 1. The number of rotatable bonds is 8. The van der Waals surface area contributed by atoms with Gasteiger partial charge >= 0.3 is 0 Å². The molecule has 3 aromatic rings. The van der Waals surface area contributed by atoms with Crippen molar-refractivity contribution in [2.75, 3.05) is 6.54 Å². The maximum absolute atomic E-state index is 13.8. The molecular formula is C23H25F2N3O2. The van der Waals surface area contributed by atoms with Gasteiger partial charge in [-0.2, -0.15) is 0 Å². The van der Waals surface area contributed by atoms with E-state index in [-0.39, 0.29) is 11.8 Å². The molecular weight excluding hydrogens is 388 g/mol. The molecule has 0 aliphatic heterocycles. The van der Waals surface area contributed by atoms with Gasteiger partial charge in [-0.05, 0) is 42.0 Å². The van der Waals surface area contributed by atoms with E-state index >= 15 is 0 Å². The highest BCUT2D eigenvalue weighted by Crippen LogP contribution is 2.15. The number of amides is 2. The van der Waals surface area contributed by atoms with Gasteiger partial charge in [0.15, 0.2) is 0 Å². The van der Waals surface area contributed by atoms with Crippen molar-refractivity contribution in [1.82, 2.24) is 15.2 Å². The third-order valence-corrected chi connectivity index (χ3v) is 4.98. The van der Waals surface area contributed by atoms with Crippen LogP contribution in [0.5, 0.6) is 0 Å². The molecule has 0 aliphatic carbocycles. The van der Waals surface area contributed by atoms with E-state index in [1.807, 2.05) is 36.5 Å². The maximum atomic E-state index is 13.8. The van der Waals surface area contributed by atoms with E-state index in [2.05, 4.69) is 15.2 Å². The monoisotopic (exact) mass is 413 g/mol. The summed E-state index contributed by atoms with van der Waals surface area (Å²) in [7, 11) is 0. The summed E-state index contributed by atoms with van der Waals surface area (Å²) < 4.78 is 29.8. The Morgan fingerprint density at radius 2 is 1.70 bits per heavy atom. The maximum Gasteiger partial charge on any atom is 0.257 e. The Hall–Kier alpha value is -3.22. The van der Waals surface area contributed by atoms with Crippen molar-refractivity contribution in [3.8, 4) is 0 Å². The third-order valence-electron chi connectivity index (χ3n) is 4.98. The summed E-state index contributed by atoms with van der Waals surface area (Å²) in [5.41, 5.74) is 0.443. The van der Waals surface area contributed by atoms with Gasteiger partial charge in [-0.1, -0.05) is 38.1 Å². The summed E-state index contributed by atoms with van der Waals surface area (Å²) in [6.45, 7) is 4.66. The first-order valence-corrected chi connectivity index (χ1v) is 9.95. The van der Waals surface area contributed by atoms with Crippen LogP contribution in [0.1, 0.15) is 30.6 Å². The van der Waals surface area contributed by atoms with Gasteiger partial charge in [-0.3, -0.25) is 9.59 Å². The summed E-state index contributed by atoms with van der Waals surface area (Å²) in [5, 5.41) is 6.42. The molecule has 3 rings (SSSR count). The number of benzene rings is 2. The van der Waals surface area contributed by atoms with E-state index in [0.717, 1.165) is 29.6 Å². The topological polar surface area (TPSA) is 63.1 Å². The second-order valence-electron chi connectivity index (χ2n) is 7.50. The van der Waals surface area contributed by atoms with E-state index in [0.29, 0.717) is 13.0 Å². The molecule has 0 fully saturated rings. The molecule has 1 heterocycles. The molecule has 0 aliphatic rings. The number of nitrogens with one attached hydrogen (secondary N) is 2. The Kier molecular flexibility index (Phi) is 6.82. The largest absolute Gasteiger partial charge is 0.354 e. The van der Waals surface area contributed by atoms with Crippen LogP contribution in [0.2, 0.25) is 0 Å². The van der Waals surface area contributed by atoms with Crippen molar-refractivity contribution in [3.63, 3.8) is 0 Å². The molecule has 2 aromatic carbocycles. The van der Waals surface area contributed by atoms with Gasteiger partial charge in [0.1, 0.15) is 23.2 Å². The molecule has 1 atom stereocenters. The Morgan fingerprint density at radius 1 is 1.00 bits per heavy atom. The first-order chi connectivity index (χ1) is 14.4. The van der Waals surface area contributed by atoms with Crippen LogP contribution < -0.4 is 10.6 Å². The van der Waals surface area contributed by atoms with E-state index in [1.54, 1.807) is 13.8 Å². The minimum Gasteiger partial charge on any atom is -0.354 e. The summed E-state index contributed by atoms with van der Waals surface area (Å²) in [5.74, 6) is -3.51. The number of hydrogen-bond donors (Lipinski definition) is 2. The number of hydrogen-bond acceptors (Lipinski definition) is 2. The molecule has 0 spiro atoms. The van der Waals surface area contributed by atoms with Crippen LogP contribution in [-0.4, -0.2) is 29.0 Å². The second kappa shape index (κ2) is 9.52. The molecule has 0 saturated heterocycles. The van der Waals surface area contributed by atoms with Gasteiger partial charge in [-0.25, -0.2) is 8.78 Å². The van der Waals surface area contributed by atoms with Crippen molar-refractivity contribution in [3.05, 3.63) is 71.9 Å². The molecule has 0 saturated carbocycles. The zero-order valence-electron chi connectivity index (χ0n) is 17.0. The number of carbonyl (C=O) groups excluding carboxylic acids is 2. The normalized spacial score (nSPS) is 12.2. The van der Waals surface area contributed by atoms with E-state index in [9.17, 15) is 18.4 Å². The highest BCUT2D eigenvalue weighted by molar-refractivity contribution is 5.98. The van der Waals surface area contributed by atoms with E-state index < -0.39 is 29.1 Å². The summed E-state index contributed by atoms with van der Waals surface area (Å²) in [6, 6.07) is 12.4. The molecule has 0 radical (unpaired) electrons. The summed E-state index contributed by atoms with van der Waals surface area (Å²) in [4.78, 5) is 24.9. The number of aryl methyl sites for hydroxylation is 1. The predicted molar refractivity (Wildman–Crippen MR) is 112 cm³/mol. The highest BCUT2D eigenvalue weighted by Gasteiger charge is 2.27. The average Bonchev–Trinajstić information content (AvgIpc) is 3.12. The quantitative estimate of drug-likeness (QED) is 0.551. The Balaban J connectivity index is 1.56. The van der Waals surface area contributed by atoms with Gasteiger partial charge in [-0.15, -0.1) is 0 Å². The van der Waals surface area contributed by atoms with Crippen molar-refractivity contribution >= 4 is 22.7 Å². The number of carbonyl (C=O) groups is 2. The van der Waals surface area contributed by atoms with Crippen LogP contribution in [-0.2, 0) is 11.3 Å². The zero-order chi connectivity index (χ0) is 21.7. The first-order valence-electron chi connectivity index (χ1n) is 9.95. The van der Waals surface area contributed by atoms with Crippen LogP contribution in [0, 0.1) is 17.6 Å². The first kappa shape index (κ1) is 21.5. The minimum absolute atomic E-state index is 0.253. The van der Waals surface area contributed by atoms with Gasteiger partial charge in [0.05, 0.1) is 0 Å². The van der Waals surface area contributed by atoms with Crippen molar-refractivity contribution in [1.29, 1.82) is 0 Å². The van der Waals surface area contributed by atoms with Crippen molar-refractivity contribution < 1.29 is 18.4 Å². The van der Waals surface area contributed by atoms with E-state index in [1.165, 1.54) is 6.07 Å². The lowest BCUT2D eigenvalue weighted by molar-refractivity contribution is -0.123. The predicted octanol–water partition coefficient (Wildman–Crippen LogP) is 3.88. The number of nitrogens with zero attached hydrogens (tertiary/aromatic N) is 1. The Morgan fingerprint density at radius 3 is 2.40 bits per heavy atom. The molecule has 0 bridgehead atoms. The lowest BCUT2D eigenvalue weighted by atomic mass is 10.0. The Bertz CT molecular complexity index is 1030. The average molecular weight is 413 g/mol. The molecule has 30 heavy (non-hydrogen) atoms. The molecule has 2 amide bonds. The third kappa shape index (κ3) is 4.84. The van der Waals surface area contributed by atoms with Crippen molar-refractivity contribution in [2.45, 2.75) is 32.9 Å². The fourth-order valence-corrected chi connectivity index (χ4v) is 3.37. The summed E-state index contributed by atoms with van der Waals surface area (Å²) in [6.07, 6.45) is 2.71. The Labute approximate surface area is 174 Å². The molecule has 5 nitrogen and oxygen atoms in total. The van der Waals surface area contributed by atoms with Gasteiger partial charge in [0.25, 0.3) is 5.91 Å². The fraction of sp³-hybridized carbons (Fsp3) is 0.304. The van der Waals surface area contributed by atoms with Gasteiger partial charge in [0, 0.05) is 24.8 Å². The van der Waals surface area contributed by atoms with Crippen LogP contribution in [0.3, 0.4) is 0 Å². The number of aromatic nitrogens is 1. The molecule has 2 N–H and O–H groups in total. The lowest BCUT2D eigenvalue weighted by Gasteiger charge is -2.22. The second-order valence-corrected chi connectivity index (χ2v) is 7.50. The number of halogens is 2. The van der Waals surface area contributed by atoms with Crippen LogP contribution in [0.25, 0.3) is 10.9 Å². The van der Waals surface area contributed by atoms with Gasteiger partial charge in [0.2, 0.25) is 5.91 Å². The standard InChI is InChI=1S/C23H25F2N3O2/c1-15(2)21(27-22(29)20-17(24)8-5-9-18(20)25)23(30)26-12-6-13-28-14-11-16-7-3-4-10-19(16)28/h3-5,7-11,14-15,21H,6,12-13H2,1-2H3,(H,26,30)(H,27,29)/t21-/m0/s1. The SMILES string of the molecule is CC(C)[C@H](NC(=O)c1c(F)cccc1F)C(=O)NCCCn1ccc2ccccc21. The van der Waals surface area contributed by atoms with E-state index in [4.69, 9.17) is 0 Å².